The van der Waals surface area contributed by atoms with Gasteiger partial charge in [0, 0.05) is 19.1 Å². The van der Waals surface area contributed by atoms with Gasteiger partial charge in [-0.2, -0.15) is 0 Å². The van der Waals surface area contributed by atoms with Crippen molar-refractivity contribution in [3.8, 4) is 0 Å². The number of rotatable bonds is 28. The molecule has 18 N–H and O–H groups in total. The van der Waals surface area contributed by atoms with E-state index in [0.29, 0.717) is 32.1 Å². The van der Waals surface area contributed by atoms with Crippen LogP contribution in [0.2, 0.25) is 0 Å². The standard InChI is InChI=1S/C64H108O38/c1-11-16-28(92-57-44(80)38(74)32(68)22(4)86-57)17-14-13-15-18-31(67)95-55-54(102-63-52(42(78)36(72)30(20-66)94-63)99-60-47(83)50(48(26(8)90-60)96-56(84)21(3)12-2)98-59-46(82)40(76)34(70)24(6)88-59)49(97-58-45(81)39(75)33(69)23(5)87-58)27(9)91-64(55)101-53-43(79)37(73)29(19-65)93-62(53)100-51-41(77)35(71)25(7)89-61(51)85-10/h12,22-30,32-55,57-66,68-83H,11,13-20H2,1-10H3/b21-12+/t22-,23-,24+,25-,26-,27+,28+,29-,30-,32-,33-,34+,35+,36-,37-,38+,39+,40-,41+,42+,43+,44-,45-,46-,47-,48-,49+,50-,51-,52-,53-,54-,55-,57+,58+,59+,60+,61+,62+,63+,64+/m1/s1. The van der Waals surface area contributed by atoms with E-state index in [4.69, 9.17) is 85.3 Å². The lowest BCUT2D eigenvalue weighted by molar-refractivity contribution is -0.415. The van der Waals surface area contributed by atoms with Crippen LogP contribution in [0, 0.1) is 0 Å². The number of methoxy groups -OCH3 is 1. The molecule has 38 heteroatoms. The first kappa shape index (κ1) is 84.9. The molecular formula is C64H108O38. The molecule has 8 rings (SSSR count). The number of aliphatic hydroxyl groups excluding tert-OH is 18. The normalized spacial score (nSPS) is 48.6. The van der Waals surface area contributed by atoms with E-state index in [2.05, 4.69) is 0 Å². The van der Waals surface area contributed by atoms with Crippen LogP contribution in [0.1, 0.15) is 107 Å². The first-order valence-corrected chi connectivity index (χ1v) is 34.7. The van der Waals surface area contributed by atoms with Crippen LogP contribution < -0.4 is 0 Å². The second kappa shape index (κ2) is 37.6. The predicted octanol–water partition coefficient (Wildman–Crippen LogP) is -7.45. The molecule has 0 amide bonds. The number of carbonyl (C=O) groups is 2. The minimum Gasteiger partial charge on any atom is -0.454 e. The summed E-state index contributed by atoms with van der Waals surface area (Å²) in [6.45, 7) is 11.1. The van der Waals surface area contributed by atoms with Crippen molar-refractivity contribution in [1.82, 2.24) is 0 Å². The second-order valence-electron chi connectivity index (χ2n) is 27.3. The van der Waals surface area contributed by atoms with E-state index in [9.17, 15) is 102 Å². The minimum atomic E-state index is -2.26. The molecule has 8 saturated heterocycles. The lowest BCUT2D eigenvalue weighted by atomic mass is 9.95. The summed E-state index contributed by atoms with van der Waals surface area (Å²) in [5.74, 6) is -1.99. The van der Waals surface area contributed by atoms with Crippen molar-refractivity contribution in [1.29, 1.82) is 0 Å². The maximum Gasteiger partial charge on any atom is 0.333 e. The molecule has 0 aromatic carbocycles. The minimum absolute atomic E-state index is 0.0687. The van der Waals surface area contributed by atoms with Crippen LogP contribution in [0.25, 0.3) is 0 Å². The summed E-state index contributed by atoms with van der Waals surface area (Å²) >= 11 is 0. The van der Waals surface area contributed by atoms with Gasteiger partial charge in [-0.15, -0.1) is 0 Å². The van der Waals surface area contributed by atoms with Crippen molar-refractivity contribution in [3.63, 3.8) is 0 Å². The number of aliphatic hydroxyl groups is 18. The number of unbranched alkanes of at least 4 members (excludes halogenated alkanes) is 2. The SMILES string of the molecule is C/C=C(\C)C(=O)O[C@H]1[C@H](O[C@@H]2O[C@@H](C)[C@H](O)[C@@H](O)[C@H]2O)[C@@H](O)[C@H](O[C@H]2[C@H](O[C@@H]3[C@@H](O[C@@H]4O[C@H](C)[C@@H](O)[C@H](O)[C@H]4O)[C@H](C)O[C@@H](O[C@H]4[C@H](O[C@H]5[C@@H](OC)O[C@H](C)[C@H](O)[C@@H]5O)O[C@H](CO)[C@@H](O)[C@@H]4O)[C@@H]3OC(=O)CCCCC[C@H](CCC)O[C@@H]3O[C@H](C)[C@@H](O)[C@H](O)[C@H]3O)O[C@H](CO)[C@@H](O)[C@@H]2O)O[C@@H]1C. The van der Waals surface area contributed by atoms with Gasteiger partial charge in [0.05, 0.1) is 55.9 Å². The van der Waals surface area contributed by atoms with Crippen LogP contribution >= 0.6 is 0 Å². The number of carbonyl (C=O) groups excluding carboxylic acids is 2. The molecule has 8 aliphatic rings. The van der Waals surface area contributed by atoms with Crippen LogP contribution in [0.15, 0.2) is 11.6 Å². The maximum atomic E-state index is 14.8. The molecule has 0 radical (unpaired) electrons. The molecule has 0 aliphatic carbocycles. The third-order valence-electron chi connectivity index (χ3n) is 19.9. The van der Waals surface area contributed by atoms with Gasteiger partial charge in [-0.05, 0) is 74.7 Å². The molecule has 8 fully saturated rings. The van der Waals surface area contributed by atoms with Crippen LogP contribution in [0.3, 0.4) is 0 Å². The van der Waals surface area contributed by atoms with Gasteiger partial charge in [-0.3, -0.25) is 4.79 Å². The average molecular weight is 1490 g/mol. The first-order valence-electron chi connectivity index (χ1n) is 34.7. The van der Waals surface area contributed by atoms with E-state index in [1.807, 2.05) is 6.92 Å². The van der Waals surface area contributed by atoms with E-state index >= 15 is 0 Å². The number of hydrogen-bond acceptors (Lipinski definition) is 38. The highest BCUT2D eigenvalue weighted by Gasteiger charge is 2.61. The molecule has 0 saturated carbocycles. The Morgan fingerprint density at radius 3 is 1.25 bits per heavy atom. The molecular weight excluding hydrogens is 1380 g/mol. The highest BCUT2D eigenvalue weighted by molar-refractivity contribution is 5.87. The molecule has 0 bridgehead atoms. The van der Waals surface area contributed by atoms with Gasteiger partial charge in [0.15, 0.2) is 62.5 Å². The van der Waals surface area contributed by atoms with Crippen LogP contribution in [0.5, 0.6) is 0 Å². The number of ether oxygens (including phenoxy) is 18. The van der Waals surface area contributed by atoms with E-state index in [-0.39, 0.29) is 12.0 Å². The molecule has 0 unspecified atom stereocenters. The summed E-state index contributed by atoms with van der Waals surface area (Å²) in [5, 5.41) is 201. The Labute approximate surface area is 588 Å². The highest BCUT2D eigenvalue weighted by Crippen LogP contribution is 2.41. The fourth-order valence-electron chi connectivity index (χ4n) is 13.4. The van der Waals surface area contributed by atoms with Crippen molar-refractivity contribution < 1.29 is 187 Å². The van der Waals surface area contributed by atoms with Gasteiger partial charge in [0.25, 0.3) is 0 Å². The molecule has 8 heterocycles. The molecule has 8 aliphatic heterocycles. The molecule has 102 heavy (non-hydrogen) atoms. The molecule has 38 nitrogen and oxygen atoms in total. The Morgan fingerprint density at radius 1 is 0.373 bits per heavy atom. The summed E-state index contributed by atoms with van der Waals surface area (Å²) in [4.78, 5) is 28.2. The van der Waals surface area contributed by atoms with Crippen molar-refractivity contribution in [2.45, 2.75) is 359 Å². The second-order valence-corrected chi connectivity index (χ2v) is 27.3. The summed E-state index contributed by atoms with van der Waals surface area (Å²) < 4.78 is 110. The largest absolute Gasteiger partial charge is 0.454 e. The monoisotopic (exact) mass is 1480 g/mol. The topological polar surface area (TPSA) is 564 Å². The van der Waals surface area contributed by atoms with E-state index in [1.165, 1.54) is 68.6 Å². The zero-order valence-electron chi connectivity index (χ0n) is 58.3. The summed E-state index contributed by atoms with van der Waals surface area (Å²) in [6, 6.07) is 0. The van der Waals surface area contributed by atoms with E-state index in [1.54, 1.807) is 0 Å². The Kier molecular flexibility index (Phi) is 31.3. The molecule has 0 aromatic rings. The number of esters is 2. The Hall–Kier alpha value is -2.68. The summed E-state index contributed by atoms with van der Waals surface area (Å²) in [6.07, 6.45) is -68.6. The number of hydrogen-bond donors (Lipinski definition) is 18. The van der Waals surface area contributed by atoms with Crippen molar-refractivity contribution in [2.75, 3.05) is 20.3 Å². The van der Waals surface area contributed by atoms with Crippen LogP contribution in [0.4, 0.5) is 0 Å². The van der Waals surface area contributed by atoms with Gasteiger partial charge in [-0.25, -0.2) is 4.79 Å². The van der Waals surface area contributed by atoms with Crippen molar-refractivity contribution in [3.05, 3.63) is 11.6 Å². The van der Waals surface area contributed by atoms with Gasteiger partial charge in [-0.1, -0.05) is 32.3 Å². The van der Waals surface area contributed by atoms with E-state index in [0.717, 1.165) is 0 Å². The third kappa shape index (κ3) is 19.3. The fourth-order valence-corrected chi connectivity index (χ4v) is 13.4. The zero-order chi connectivity index (χ0) is 75.2. The van der Waals surface area contributed by atoms with E-state index < -0.39 is 283 Å². The lowest BCUT2D eigenvalue weighted by Crippen LogP contribution is -2.69. The Bertz CT molecular complexity index is 2600. The maximum absolute atomic E-state index is 14.8. The van der Waals surface area contributed by atoms with Crippen molar-refractivity contribution >= 4 is 11.9 Å². The zero-order valence-corrected chi connectivity index (χ0v) is 58.3. The fraction of sp³-hybridized carbons (Fsp3) is 0.938. The Balaban J connectivity index is 1.17. The third-order valence-corrected chi connectivity index (χ3v) is 19.9. The number of allylic oxidation sites excluding steroid dienone is 1. The molecule has 592 valence electrons. The summed E-state index contributed by atoms with van der Waals surface area (Å²) in [7, 11) is 1.18. The van der Waals surface area contributed by atoms with Gasteiger partial charge < -0.3 is 177 Å². The first-order chi connectivity index (χ1) is 48.2. The lowest BCUT2D eigenvalue weighted by Gasteiger charge is -2.52. The van der Waals surface area contributed by atoms with Gasteiger partial charge >= 0.3 is 11.9 Å². The van der Waals surface area contributed by atoms with Crippen LogP contribution in [-0.4, -0.2) is 376 Å². The van der Waals surface area contributed by atoms with Gasteiger partial charge in [0.1, 0.15) is 146 Å². The quantitative estimate of drug-likeness (QED) is 0.0197. The van der Waals surface area contributed by atoms with Crippen molar-refractivity contribution in [2.24, 2.45) is 0 Å². The smallest absolute Gasteiger partial charge is 0.333 e. The molecule has 41 atom stereocenters. The highest BCUT2D eigenvalue weighted by atomic mass is 16.8. The molecule has 0 aromatic heterocycles. The summed E-state index contributed by atoms with van der Waals surface area (Å²) in [5.41, 5.74) is 0.0840. The predicted molar refractivity (Wildman–Crippen MR) is 332 cm³/mol. The molecule has 0 spiro atoms. The van der Waals surface area contributed by atoms with Crippen LogP contribution in [-0.2, 0) is 94.9 Å². The van der Waals surface area contributed by atoms with Gasteiger partial charge in [0.2, 0.25) is 0 Å². The average Bonchev–Trinajstić information content (AvgIpc) is 0.762. The Morgan fingerprint density at radius 2 is 0.755 bits per heavy atom.